The maximum atomic E-state index is 12.1. The predicted octanol–water partition coefficient (Wildman–Crippen LogP) is 3.12. The van der Waals surface area contributed by atoms with E-state index in [1.54, 1.807) is 37.6 Å². The fourth-order valence-corrected chi connectivity index (χ4v) is 3.25. The molecule has 2 N–H and O–H groups in total. The van der Waals surface area contributed by atoms with Crippen LogP contribution >= 0.6 is 11.6 Å². The van der Waals surface area contributed by atoms with Gasteiger partial charge >= 0.3 is 0 Å². The standard InChI is InChI=1S/C20H20ClN5O2/c1-12-9-22-10-13(2)19(12)15-5-4-14(8-16(15)21)25-18(27)11-23-20(28)17-6-7-24-26(17)3/h4-10H,11H2,1-3H3,(H,23,28)(H,25,27). The number of benzene rings is 1. The van der Waals surface area contributed by atoms with E-state index < -0.39 is 0 Å². The van der Waals surface area contributed by atoms with Crippen molar-refractivity contribution in [1.82, 2.24) is 20.1 Å². The molecule has 3 rings (SSSR count). The summed E-state index contributed by atoms with van der Waals surface area (Å²) in [5.41, 5.74) is 4.89. The fourth-order valence-electron chi connectivity index (χ4n) is 2.97. The molecular formula is C20H20ClN5O2. The summed E-state index contributed by atoms with van der Waals surface area (Å²) in [6, 6.07) is 6.91. The highest BCUT2D eigenvalue weighted by atomic mass is 35.5. The van der Waals surface area contributed by atoms with Crippen LogP contribution in [0, 0.1) is 13.8 Å². The van der Waals surface area contributed by atoms with Gasteiger partial charge in [-0.25, -0.2) is 0 Å². The van der Waals surface area contributed by atoms with Gasteiger partial charge in [0, 0.05) is 36.9 Å². The summed E-state index contributed by atoms with van der Waals surface area (Å²) < 4.78 is 1.44. The first-order valence-electron chi connectivity index (χ1n) is 8.64. The first-order valence-corrected chi connectivity index (χ1v) is 9.02. The number of amides is 2. The molecule has 8 heteroatoms. The Morgan fingerprint density at radius 2 is 1.86 bits per heavy atom. The van der Waals surface area contributed by atoms with Crippen molar-refractivity contribution in [2.75, 3.05) is 11.9 Å². The van der Waals surface area contributed by atoms with E-state index in [-0.39, 0.29) is 18.4 Å². The van der Waals surface area contributed by atoms with Crippen LogP contribution in [0.1, 0.15) is 21.6 Å². The number of pyridine rings is 1. The summed E-state index contributed by atoms with van der Waals surface area (Å²) >= 11 is 6.45. The first kappa shape index (κ1) is 19.6. The predicted molar refractivity (Wildman–Crippen MR) is 108 cm³/mol. The molecule has 144 valence electrons. The molecule has 0 radical (unpaired) electrons. The minimum Gasteiger partial charge on any atom is -0.342 e. The van der Waals surface area contributed by atoms with Crippen LogP contribution in [0.4, 0.5) is 5.69 Å². The molecule has 1 aromatic carbocycles. The Hall–Kier alpha value is -3.19. The van der Waals surface area contributed by atoms with Crippen molar-refractivity contribution in [2.45, 2.75) is 13.8 Å². The van der Waals surface area contributed by atoms with E-state index >= 15 is 0 Å². The summed E-state index contributed by atoms with van der Waals surface area (Å²) in [5, 5.41) is 9.74. The number of halogens is 1. The molecule has 3 aromatic rings. The quantitative estimate of drug-likeness (QED) is 0.692. The summed E-state index contributed by atoms with van der Waals surface area (Å²) in [6.45, 7) is 3.80. The van der Waals surface area contributed by atoms with E-state index in [2.05, 4.69) is 20.7 Å². The highest BCUT2D eigenvalue weighted by Crippen LogP contribution is 2.34. The van der Waals surface area contributed by atoms with Gasteiger partial charge in [0.05, 0.1) is 11.6 Å². The lowest BCUT2D eigenvalue weighted by molar-refractivity contribution is -0.115. The monoisotopic (exact) mass is 397 g/mol. The number of carbonyl (C=O) groups is 2. The van der Waals surface area contributed by atoms with Gasteiger partial charge in [0.1, 0.15) is 5.69 Å². The minimum absolute atomic E-state index is 0.161. The third-order valence-corrected chi connectivity index (χ3v) is 4.62. The molecule has 2 aromatic heterocycles. The molecule has 0 aliphatic carbocycles. The molecule has 0 saturated carbocycles. The minimum atomic E-state index is -0.368. The van der Waals surface area contributed by atoms with Gasteiger partial charge in [0.15, 0.2) is 0 Å². The molecule has 0 aliphatic rings. The lowest BCUT2D eigenvalue weighted by atomic mass is 9.98. The average molecular weight is 398 g/mol. The van der Waals surface area contributed by atoms with Crippen LogP contribution < -0.4 is 10.6 Å². The second kappa shape index (κ2) is 8.22. The maximum absolute atomic E-state index is 12.1. The molecule has 0 atom stereocenters. The number of carbonyl (C=O) groups excluding carboxylic acids is 2. The van der Waals surface area contributed by atoms with E-state index in [1.807, 2.05) is 19.9 Å². The van der Waals surface area contributed by atoms with Gasteiger partial charge in [-0.3, -0.25) is 19.3 Å². The number of rotatable bonds is 5. The number of aromatic nitrogens is 3. The van der Waals surface area contributed by atoms with Crippen LogP contribution in [0.2, 0.25) is 5.02 Å². The first-order chi connectivity index (χ1) is 13.4. The molecule has 0 bridgehead atoms. The van der Waals surface area contributed by atoms with Gasteiger partial charge in [0.2, 0.25) is 5.91 Å². The van der Waals surface area contributed by atoms with Crippen molar-refractivity contribution >= 4 is 29.1 Å². The van der Waals surface area contributed by atoms with Crippen molar-refractivity contribution < 1.29 is 9.59 Å². The zero-order valence-corrected chi connectivity index (χ0v) is 16.5. The highest BCUT2D eigenvalue weighted by Gasteiger charge is 2.13. The van der Waals surface area contributed by atoms with Crippen molar-refractivity contribution in [1.29, 1.82) is 0 Å². The molecule has 7 nitrogen and oxygen atoms in total. The summed E-state index contributed by atoms with van der Waals surface area (Å²) in [4.78, 5) is 28.3. The highest BCUT2D eigenvalue weighted by molar-refractivity contribution is 6.33. The molecule has 0 fully saturated rings. The van der Waals surface area contributed by atoms with Crippen LogP contribution in [0.3, 0.4) is 0 Å². The second-order valence-corrected chi connectivity index (χ2v) is 6.82. The molecule has 2 amide bonds. The third-order valence-electron chi connectivity index (χ3n) is 4.31. The van der Waals surface area contributed by atoms with Crippen LogP contribution in [0.25, 0.3) is 11.1 Å². The smallest absolute Gasteiger partial charge is 0.269 e. The molecule has 0 aliphatic heterocycles. The number of nitrogens with zero attached hydrogens (tertiary/aromatic N) is 3. The van der Waals surface area contributed by atoms with E-state index in [0.29, 0.717) is 16.4 Å². The van der Waals surface area contributed by atoms with Crippen LogP contribution in [-0.2, 0) is 11.8 Å². The zero-order valence-electron chi connectivity index (χ0n) is 15.8. The lowest BCUT2D eigenvalue weighted by Crippen LogP contribution is -2.33. The normalized spacial score (nSPS) is 10.6. The van der Waals surface area contributed by atoms with Crippen molar-refractivity contribution in [2.24, 2.45) is 7.05 Å². The van der Waals surface area contributed by atoms with Gasteiger partial charge in [-0.2, -0.15) is 5.10 Å². The average Bonchev–Trinajstić information content (AvgIpc) is 3.07. The third kappa shape index (κ3) is 4.20. The molecular weight excluding hydrogens is 378 g/mol. The van der Waals surface area contributed by atoms with Gasteiger partial charge in [-0.05, 0) is 48.7 Å². The summed E-state index contributed by atoms with van der Waals surface area (Å²) in [5.74, 6) is -0.720. The SMILES string of the molecule is Cc1cncc(C)c1-c1ccc(NC(=O)CNC(=O)c2ccnn2C)cc1Cl. The van der Waals surface area contributed by atoms with Crippen molar-refractivity contribution in [3.8, 4) is 11.1 Å². The summed E-state index contributed by atoms with van der Waals surface area (Å²) in [7, 11) is 1.66. The molecule has 0 spiro atoms. The van der Waals surface area contributed by atoms with Crippen molar-refractivity contribution in [3.05, 3.63) is 64.7 Å². The number of hydrogen-bond acceptors (Lipinski definition) is 4. The number of hydrogen-bond donors (Lipinski definition) is 2. The topological polar surface area (TPSA) is 88.9 Å². The zero-order chi connectivity index (χ0) is 20.3. The number of aryl methyl sites for hydroxylation is 3. The van der Waals surface area contributed by atoms with Gasteiger partial charge in [-0.1, -0.05) is 17.7 Å². The molecule has 28 heavy (non-hydrogen) atoms. The molecule has 0 unspecified atom stereocenters. The lowest BCUT2D eigenvalue weighted by Gasteiger charge is -2.13. The second-order valence-electron chi connectivity index (χ2n) is 6.41. The summed E-state index contributed by atoms with van der Waals surface area (Å²) in [6.07, 6.45) is 5.10. The maximum Gasteiger partial charge on any atom is 0.269 e. The van der Waals surface area contributed by atoms with Gasteiger partial charge in [-0.15, -0.1) is 0 Å². The Morgan fingerprint density at radius 3 is 2.46 bits per heavy atom. The Bertz CT molecular complexity index is 1020. The van der Waals surface area contributed by atoms with Gasteiger partial charge in [0.25, 0.3) is 5.91 Å². The van der Waals surface area contributed by atoms with E-state index in [9.17, 15) is 9.59 Å². The van der Waals surface area contributed by atoms with E-state index in [4.69, 9.17) is 11.6 Å². The Kier molecular flexibility index (Phi) is 5.75. The van der Waals surface area contributed by atoms with E-state index in [0.717, 1.165) is 22.3 Å². The number of anilines is 1. The Morgan fingerprint density at radius 1 is 1.14 bits per heavy atom. The van der Waals surface area contributed by atoms with Crippen LogP contribution in [-0.4, -0.2) is 33.1 Å². The Balaban J connectivity index is 1.67. The molecule has 0 saturated heterocycles. The van der Waals surface area contributed by atoms with Crippen LogP contribution in [0.5, 0.6) is 0 Å². The largest absolute Gasteiger partial charge is 0.342 e. The van der Waals surface area contributed by atoms with Crippen molar-refractivity contribution in [3.63, 3.8) is 0 Å². The molecule has 2 heterocycles. The van der Waals surface area contributed by atoms with Crippen LogP contribution in [0.15, 0.2) is 42.9 Å². The fraction of sp³-hybridized carbons (Fsp3) is 0.200. The van der Waals surface area contributed by atoms with E-state index in [1.165, 1.54) is 10.9 Å². The number of nitrogens with one attached hydrogen (secondary N) is 2. The van der Waals surface area contributed by atoms with Gasteiger partial charge < -0.3 is 10.6 Å². The Labute approximate surface area is 167 Å².